The number of aryl methyl sites for hydroxylation is 1. The molecule has 0 spiro atoms. The Bertz CT molecular complexity index is 1120. The van der Waals surface area contributed by atoms with Crippen LogP contribution in [-0.4, -0.2) is 34.6 Å². The summed E-state index contributed by atoms with van der Waals surface area (Å²) in [5.41, 5.74) is 4.97. The minimum atomic E-state index is -4.23. The van der Waals surface area contributed by atoms with E-state index in [1.807, 2.05) is 55.7 Å². The van der Waals surface area contributed by atoms with Gasteiger partial charge in [0, 0.05) is 30.4 Å². The summed E-state index contributed by atoms with van der Waals surface area (Å²) in [6.45, 7) is 5.92. The number of fused-ring (bicyclic) bond motifs is 1. The number of halogens is 3. The van der Waals surface area contributed by atoms with Gasteiger partial charge in [-0.05, 0) is 50.1 Å². The zero-order chi connectivity index (χ0) is 22.6. The summed E-state index contributed by atoms with van der Waals surface area (Å²) >= 11 is 0. The van der Waals surface area contributed by atoms with Crippen LogP contribution < -0.4 is 10.6 Å². The van der Waals surface area contributed by atoms with Gasteiger partial charge in [0.2, 0.25) is 0 Å². The maximum absolute atomic E-state index is 12.6. The molecule has 1 aromatic carbocycles. The Balaban J connectivity index is 2.02. The maximum Gasteiger partial charge on any atom is 0.390 e. The number of pyridine rings is 1. The van der Waals surface area contributed by atoms with Gasteiger partial charge < -0.3 is 10.6 Å². The average molecular weight is 430 g/mol. The van der Waals surface area contributed by atoms with Crippen LogP contribution >= 0.6 is 0 Å². The number of rotatable bonds is 7. The quantitative estimate of drug-likeness (QED) is 0.524. The van der Waals surface area contributed by atoms with E-state index in [-0.39, 0.29) is 12.5 Å². The molecule has 2 aromatic heterocycles. The molecule has 0 unspecified atom stereocenters. The van der Waals surface area contributed by atoms with Crippen LogP contribution in [0.2, 0.25) is 0 Å². The number of aromatic nitrogens is 2. The number of benzene rings is 1. The fourth-order valence-electron chi connectivity index (χ4n) is 3.41. The molecule has 0 bridgehead atoms. The summed E-state index contributed by atoms with van der Waals surface area (Å²) in [7, 11) is 0. The van der Waals surface area contributed by atoms with Gasteiger partial charge in [-0.25, -0.2) is 4.98 Å². The summed E-state index contributed by atoms with van der Waals surface area (Å²) in [5, 5.41) is 5.66. The van der Waals surface area contributed by atoms with Crippen molar-refractivity contribution in [1.82, 2.24) is 14.7 Å². The summed E-state index contributed by atoms with van der Waals surface area (Å²) in [5.74, 6) is -0.129. The smallest absolute Gasteiger partial charge is 0.382 e. The minimum Gasteiger partial charge on any atom is -0.382 e. The summed E-state index contributed by atoms with van der Waals surface area (Å²) in [6.07, 6.45) is 2.16. The van der Waals surface area contributed by atoms with Crippen LogP contribution in [0.5, 0.6) is 0 Å². The first-order valence-electron chi connectivity index (χ1n) is 10.1. The molecule has 0 atom stereocenters. The van der Waals surface area contributed by atoms with Crippen LogP contribution in [-0.2, 0) is 0 Å². The Labute approximate surface area is 179 Å². The number of anilines is 1. The lowest BCUT2D eigenvalue weighted by Gasteiger charge is -2.12. The first kappa shape index (κ1) is 22.4. The monoisotopic (exact) mass is 430 g/mol. The van der Waals surface area contributed by atoms with Crippen molar-refractivity contribution in [1.29, 1.82) is 0 Å². The number of nitrogens with one attached hydrogen (secondary N) is 2. The van der Waals surface area contributed by atoms with Crippen molar-refractivity contribution in [2.75, 3.05) is 18.4 Å². The third-order valence-corrected chi connectivity index (χ3v) is 4.81. The molecule has 0 fully saturated rings. The third-order valence-electron chi connectivity index (χ3n) is 4.81. The van der Waals surface area contributed by atoms with Crippen LogP contribution in [0.3, 0.4) is 0 Å². The van der Waals surface area contributed by atoms with Gasteiger partial charge in [0.15, 0.2) is 5.65 Å². The van der Waals surface area contributed by atoms with Gasteiger partial charge in [-0.1, -0.05) is 18.2 Å². The van der Waals surface area contributed by atoms with Crippen molar-refractivity contribution in [3.05, 3.63) is 59.4 Å². The van der Waals surface area contributed by atoms with E-state index >= 15 is 0 Å². The lowest BCUT2D eigenvalue weighted by Crippen LogP contribution is -2.23. The summed E-state index contributed by atoms with van der Waals surface area (Å²) < 4.78 is 39.6. The Kier molecular flexibility index (Phi) is 6.68. The van der Waals surface area contributed by atoms with E-state index in [4.69, 9.17) is 0 Å². The first-order chi connectivity index (χ1) is 14.7. The van der Waals surface area contributed by atoms with E-state index in [0.29, 0.717) is 23.4 Å². The van der Waals surface area contributed by atoms with Crippen molar-refractivity contribution in [3.8, 4) is 11.3 Å². The van der Waals surface area contributed by atoms with Gasteiger partial charge >= 0.3 is 6.18 Å². The molecule has 164 valence electrons. The number of hydrogen-bond donors (Lipinski definition) is 2. The number of allylic oxidation sites excluding steroid dienone is 1. The van der Waals surface area contributed by atoms with Gasteiger partial charge in [0.25, 0.3) is 5.91 Å². The van der Waals surface area contributed by atoms with Crippen LogP contribution in [0, 0.1) is 6.92 Å². The fourth-order valence-corrected chi connectivity index (χ4v) is 3.41. The van der Waals surface area contributed by atoms with Gasteiger partial charge in [-0.3, -0.25) is 9.20 Å². The molecule has 0 aliphatic carbocycles. The lowest BCUT2D eigenvalue weighted by molar-refractivity contribution is -0.131. The molecule has 0 saturated carbocycles. The molecular weight excluding hydrogens is 405 g/mol. The van der Waals surface area contributed by atoms with Crippen molar-refractivity contribution in [2.45, 2.75) is 33.4 Å². The number of amides is 1. The predicted molar refractivity (Wildman–Crippen MR) is 117 cm³/mol. The molecular formula is C23H25F3N4O. The Morgan fingerprint density at radius 1 is 1.26 bits per heavy atom. The highest BCUT2D eigenvalue weighted by molar-refractivity contribution is 5.96. The number of nitrogens with zero attached hydrogens (tertiary/aromatic N) is 2. The molecule has 0 radical (unpaired) electrons. The normalized spacial score (nSPS) is 11.9. The molecule has 31 heavy (non-hydrogen) atoms. The van der Waals surface area contributed by atoms with E-state index in [0.717, 1.165) is 22.4 Å². The summed E-state index contributed by atoms with van der Waals surface area (Å²) in [6, 6.07) is 7.31. The SMILES string of the molecule is C/C=C/c1cc(NCCC(F)(F)F)c2ncc(-c3ccc(C(=O)NCC)c(C)c3)n2c1. The zero-order valence-corrected chi connectivity index (χ0v) is 17.7. The van der Waals surface area contributed by atoms with Crippen LogP contribution in [0.1, 0.15) is 41.8 Å². The molecule has 3 aromatic rings. The Morgan fingerprint density at radius 3 is 2.68 bits per heavy atom. The third kappa shape index (κ3) is 5.25. The van der Waals surface area contributed by atoms with Gasteiger partial charge in [-0.15, -0.1) is 0 Å². The first-order valence-corrected chi connectivity index (χ1v) is 10.1. The number of carbonyl (C=O) groups excluding carboxylic acids is 1. The van der Waals surface area contributed by atoms with Crippen molar-refractivity contribution >= 4 is 23.3 Å². The zero-order valence-electron chi connectivity index (χ0n) is 17.7. The van der Waals surface area contributed by atoms with E-state index < -0.39 is 12.6 Å². The maximum atomic E-state index is 12.6. The predicted octanol–water partition coefficient (Wildman–Crippen LogP) is 5.46. The second-order valence-electron chi connectivity index (χ2n) is 7.21. The molecule has 0 saturated heterocycles. The van der Waals surface area contributed by atoms with Crippen molar-refractivity contribution in [2.24, 2.45) is 0 Å². The Hall–Kier alpha value is -3.29. The molecule has 2 N–H and O–H groups in total. The van der Waals surface area contributed by atoms with E-state index in [9.17, 15) is 18.0 Å². The topological polar surface area (TPSA) is 58.4 Å². The molecule has 3 rings (SSSR count). The minimum absolute atomic E-state index is 0.129. The largest absolute Gasteiger partial charge is 0.390 e. The average Bonchev–Trinajstić information content (AvgIpc) is 3.11. The van der Waals surface area contributed by atoms with Crippen molar-refractivity contribution in [3.63, 3.8) is 0 Å². The van der Waals surface area contributed by atoms with Gasteiger partial charge in [0.1, 0.15) is 0 Å². The number of carbonyl (C=O) groups is 1. The highest BCUT2D eigenvalue weighted by atomic mass is 19.4. The molecule has 2 heterocycles. The fraction of sp³-hybridized carbons (Fsp3) is 0.304. The van der Waals surface area contributed by atoms with Gasteiger partial charge in [0.05, 0.1) is 24.0 Å². The standard InChI is InChI=1S/C23H25F3N4O/c1-4-6-16-12-19(28-10-9-23(24,25)26)21-29-13-20(30(21)14-16)17-7-8-18(15(3)11-17)22(31)27-5-2/h4,6-8,11-14,28H,5,9-10H2,1-3H3,(H,27,31)/b6-4+. The second-order valence-corrected chi connectivity index (χ2v) is 7.21. The molecule has 5 nitrogen and oxygen atoms in total. The highest BCUT2D eigenvalue weighted by Gasteiger charge is 2.26. The number of hydrogen-bond acceptors (Lipinski definition) is 3. The Morgan fingerprint density at radius 2 is 2.03 bits per heavy atom. The van der Waals surface area contributed by atoms with Crippen molar-refractivity contribution < 1.29 is 18.0 Å². The molecule has 1 amide bonds. The van der Waals surface area contributed by atoms with Crippen LogP contribution in [0.4, 0.5) is 18.9 Å². The van der Waals surface area contributed by atoms with E-state index in [1.165, 1.54) is 0 Å². The van der Waals surface area contributed by atoms with E-state index in [2.05, 4.69) is 15.6 Å². The van der Waals surface area contributed by atoms with Crippen LogP contribution in [0.25, 0.3) is 23.0 Å². The van der Waals surface area contributed by atoms with Crippen LogP contribution in [0.15, 0.2) is 42.7 Å². The lowest BCUT2D eigenvalue weighted by atomic mass is 10.0. The number of imidazole rings is 1. The summed E-state index contributed by atoms with van der Waals surface area (Å²) in [4.78, 5) is 16.6. The highest BCUT2D eigenvalue weighted by Crippen LogP contribution is 2.28. The molecule has 0 aliphatic heterocycles. The second kappa shape index (κ2) is 9.24. The van der Waals surface area contributed by atoms with Gasteiger partial charge in [-0.2, -0.15) is 13.2 Å². The molecule has 8 heteroatoms. The number of alkyl halides is 3. The van der Waals surface area contributed by atoms with E-state index in [1.54, 1.807) is 18.3 Å². The molecule has 0 aliphatic rings.